The van der Waals surface area contributed by atoms with Gasteiger partial charge >= 0.3 is 0 Å². The van der Waals surface area contributed by atoms with Gasteiger partial charge < -0.3 is 14.8 Å². The van der Waals surface area contributed by atoms with Gasteiger partial charge in [0.2, 0.25) is 0 Å². The van der Waals surface area contributed by atoms with Gasteiger partial charge in [-0.15, -0.1) is 0 Å². The number of Topliss-reactive ketones (excluding diaryl/α,β-unsaturated/α-hetero) is 1. The Kier molecular flexibility index (Phi) is 6.99. The van der Waals surface area contributed by atoms with E-state index in [1.807, 2.05) is 4.90 Å². The molecule has 7 nitrogen and oxygen atoms in total. The molecule has 1 saturated heterocycles. The van der Waals surface area contributed by atoms with Crippen molar-refractivity contribution in [2.75, 3.05) is 23.3 Å². The van der Waals surface area contributed by atoms with Crippen molar-refractivity contribution in [1.82, 2.24) is 4.57 Å². The zero-order chi connectivity index (χ0) is 25.1. The molecule has 35 heavy (non-hydrogen) atoms. The van der Waals surface area contributed by atoms with Crippen LogP contribution in [-0.2, 0) is 7.05 Å². The van der Waals surface area contributed by atoms with Gasteiger partial charge in [0.25, 0.3) is 11.5 Å². The largest absolute Gasteiger partial charge is 0.370 e. The maximum atomic E-state index is 14.2. The standard InChI is InChI=1S/C26H22ClFN4O3/c1-31-10-2-3-19(26(31)35)25(34)30-22-13-16(15-29)4-7-23(22)32-11-8-17(9-12-32)24(33)20-14-18(27)5-6-21(20)28/h2-7,10,13-14,17H,8-9,11-12H2,1H3,(H,30,34). The lowest BCUT2D eigenvalue weighted by molar-refractivity contribution is 0.0896. The third kappa shape index (κ3) is 5.10. The molecule has 0 spiro atoms. The summed E-state index contributed by atoms with van der Waals surface area (Å²) in [5.41, 5.74) is 0.959. The van der Waals surface area contributed by atoms with Crippen molar-refractivity contribution in [3.63, 3.8) is 0 Å². The van der Waals surface area contributed by atoms with E-state index in [-0.39, 0.29) is 22.8 Å². The molecule has 1 amide bonds. The summed E-state index contributed by atoms with van der Waals surface area (Å²) in [4.78, 5) is 40.1. The van der Waals surface area contributed by atoms with Crippen molar-refractivity contribution in [1.29, 1.82) is 5.26 Å². The number of benzene rings is 2. The average Bonchev–Trinajstić information content (AvgIpc) is 2.86. The highest BCUT2D eigenvalue weighted by atomic mass is 35.5. The fraction of sp³-hybridized carbons (Fsp3) is 0.231. The number of carbonyl (C=O) groups is 2. The van der Waals surface area contributed by atoms with E-state index in [1.165, 1.54) is 28.8 Å². The number of nitrogens with one attached hydrogen (secondary N) is 1. The Morgan fingerprint density at radius 1 is 1.11 bits per heavy atom. The third-order valence-corrected chi connectivity index (χ3v) is 6.38. The molecule has 1 aromatic heterocycles. The van der Waals surface area contributed by atoms with Crippen LogP contribution in [0.1, 0.15) is 39.1 Å². The highest BCUT2D eigenvalue weighted by Gasteiger charge is 2.29. The molecule has 1 aliphatic rings. The number of nitriles is 1. The first-order valence-corrected chi connectivity index (χ1v) is 11.4. The second-order valence-electron chi connectivity index (χ2n) is 8.39. The molecule has 3 aromatic rings. The number of rotatable bonds is 5. The Balaban J connectivity index is 1.54. The van der Waals surface area contributed by atoms with Crippen molar-refractivity contribution in [2.24, 2.45) is 13.0 Å². The van der Waals surface area contributed by atoms with E-state index < -0.39 is 17.3 Å². The summed E-state index contributed by atoms with van der Waals surface area (Å²) < 4.78 is 15.5. The molecule has 0 bridgehead atoms. The highest BCUT2D eigenvalue weighted by Crippen LogP contribution is 2.32. The van der Waals surface area contributed by atoms with Gasteiger partial charge in [0, 0.05) is 37.3 Å². The normalized spacial score (nSPS) is 13.8. The number of piperidine rings is 1. The molecule has 0 atom stereocenters. The zero-order valence-electron chi connectivity index (χ0n) is 18.9. The summed E-state index contributed by atoms with van der Waals surface area (Å²) in [7, 11) is 1.56. The van der Waals surface area contributed by atoms with Gasteiger partial charge in [0.1, 0.15) is 11.4 Å². The molecule has 1 aliphatic heterocycles. The van der Waals surface area contributed by atoms with Crippen molar-refractivity contribution < 1.29 is 14.0 Å². The highest BCUT2D eigenvalue weighted by molar-refractivity contribution is 6.31. The summed E-state index contributed by atoms with van der Waals surface area (Å²) in [6.07, 6.45) is 2.52. The van der Waals surface area contributed by atoms with E-state index in [1.54, 1.807) is 37.5 Å². The molecule has 0 unspecified atom stereocenters. The second kappa shape index (κ2) is 10.1. The van der Waals surface area contributed by atoms with E-state index in [0.717, 1.165) is 0 Å². The van der Waals surface area contributed by atoms with Crippen LogP contribution in [0, 0.1) is 23.1 Å². The molecular formula is C26H22ClFN4O3. The van der Waals surface area contributed by atoms with Crippen LogP contribution in [-0.4, -0.2) is 29.3 Å². The Hall–Kier alpha value is -3.96. The summed E-state index contributed by atoms with van der Waals surface area (Å²) in [6.45, 7) is 0.973. The number of aryl methyl sites for hydroxylation is 1. The van der Waals surface area contributed by atoms with E-state index in [4.69, 9.17) is 11.6 Å². The van der Waals surface area contributed by atoms with Gasteiger partial charge in [-0.25, -0.2) is 4.39 Å². The number of carbonyl (C=O) groups excluding carboxylic acids is 2. The minimum atomic E-state index is -0.592. The van der Waals surface area contributed by atoms with E-state index >= 15 is 0 Å². The number of hydrogen-bond donors (Lipinski definition) is 1. The molecular weight excluding hydrogens is 471 g/mol. The Morgan fingerprint density at radius 3 is 2.57 bits per heavy atom. The summed E-state index contributed by atoms with van der Waals surface area (Å²) >= 11 is 5.94. The van der Waals surface area contributed by atoms with E-state index in [0.29, 0.717) is 47.9 Å². The van der Waals surface area contributed by atoms with Gasteiger partial charge in [-0.05, 0) is 61.4 Å². The maximum Gasteiger partial charge on any atom is 0.263 e. The van der Waals surface area contributed by atoms with Crippen LogP contribution >= 0.6 is 11.6 Å². The molecule has 2 aromatic carbocycles. The lowest BCUT2D eigenvalue weighted by Crippen LogP contribution is -2.37. The number of pyridine rings is 1. The van der Waals surface area contributed by atoms with Crippen molar-refractivity contribution in [2.45, 2.75) is 12.8 Å². The topological polar surface area (TPSA) is 95.2 Å². The molecule has 0 aliphatic carbocycles. The fourth-order valence-electron chi connectivity index (χ4n) is 4.23. The Morgan fingerprint density at radius 2 is 1.86 bits per heavy atom. The Labute approximate surface area is 206 Å². The van der Waals surface area contributed by atoms with Crippen LogP contribution in [0.4, 0.5) is 15.8 Å². The monoisotopic (exact) mass is 492 g/mol. The number of nitrogens with zero attached hydrogens (tertiary/aromatic N) is 3. The van der Waals surface area contributed by atoms with E-state index in [2.05, 4.69) is 11.4 Å². The Bertz CT molecular complexity index is 1400. The summed E-state index contributed by atoms with van der Waals surface area (Å²) in [6, 6.07) is 14.0. The van der Waals surface area contributed by atoms with Crippen LogP contribution < -0.4 is 15.8 Å². The first-order chi connectivity index (χ1) is 16.8. The molecule has 178 valence electrons. The number of hydrogen-bond acceptors (Lipinski definition) is 5. The van der Waals surface area contributed by atoms with Crippen LogP contribution in [0.5, 0.6) is 0 Å². The van der Waals surface area contributed by atoms with Gasteiger partial charge in [-0.3, -0.25) is 14.4 Å². The summed E-state index contributed by atoms with van der Waals surface area (Å²) in [5.74, 6) is -1.81. The van der Waals surface area contributed by atoms with Gasteiger partial charge in [0.05, 0.1) is 28.6 Å². The van der Waals surface area contributed by atoms with Crippen LogP contribution in [0.15, 0.2) is 59.5 Å². The first-order valence-electron chi connectivity index (χ1n) is 11.0. The fourth-order valence-corrected chi connectivity index (χ4v) is 4.40. The molecule has 2 heterocycles. The van der Waals surface area contributed by atoms with Gasteiger partial charge in [-0.1, -0.05) is 11.6 Å². The predicted octanol–water partition coefficient (Wildman–Crippen LogP) is 4.40. The number of amides is 1. The lowest BCUT2D eigenvalue weighted by Gasteiger charge is -2.34. The number of aromatic nitrogens is 1. The van der Waals surface area contributed by atoms with Gasteiger partial charge in [-0.2, -0.15) is 5.26 Å². The quantitative estimate of drug-likeness (QED) is 0.532. The maximum absolute atomic E-state index is 14.2. The van der Waals surface area contributed by atoms with Crippen LogP contribution in [0.3, 0.4) is 0 Å². The van der Waals surface area contributed by atoms with Crippen molar-refractivity contribution in [3.8, 4) is 6.07 Å². The predicted molar refractivity (Wildman–Crippen MR) is 131 cm³/mol. The van der Waals surface area contributed by atoms with Crippen LogP contribution in [0.2, 0.25) is 5.02 Å². The van der Waals surface area contributed by atoms with E-state index in [9.17, 15) is 24.0 Å². The average molecular weight is 493 g/mol. The number of halogens is 2. The smallest absolute Gasteiger partial charge is 0.263 e. The summed E-state index contributed by atoms with van der Waals surface area (Å²) in [5, 5.41) is 12.4. The van der Waals surface area contributed by atoms with Crippen molar-refractivity contribution >= 4 is 34.7 Å². The second-order valence-corrected chi connectivity index (χ2v) is 8.82. The number of ketones is 1. The minimum Gasteiger partial charge on any atom is -0.370 e. The first kappa shape index (κ1) is 24.2. The third-order valence-electron chi connectivity index (χ3n) is 6.14. The number of anilines is 2. The molecule has 0 radical (unpaired) electrons. The van der Waals surface area contributed by atoms with Crippen molar-refractivity contribution in [3.05, 3.63) is 92.6 Å². The van der Waals surface area contributed by atoms with Gasteiger partial charge in [0.15, 0.2) is 5.78 Å². The SMILES string of the molecule is Cn1cccc(C(=O)Nc2cc(C#N)ccc2N2CCC(C(=O)c3cc(Cl)ccc3F)CC2)c1=O. The molecule has 0 saturated carbocycles. The zero-order valence-corrected chi connectivity index (χ0v) is 19.7. The lowest BCUT2D eigenvalue weighted by atomic mass is 9.88. The molecule has 4 rings (SSSR count). The molecule has 1 N–H and O–H groups in total. The molecule has 9 heteroatoms. The van der Waals surface area contributed by atoms with Crippen LogP contribution in [0.25, 0.3) is 0 Å². The molecule has 1 fully saturated rings. The minimum absolute atomic E-state index is 0.00767.